The van der Waals surface area contributed by atoms with E-state index in [2.05, 4.69) is 36.3 Å². The van der Waals surface area contributed by atoms with Crippen molar-refractivity contribution >= 4 is 60.6 Å². The highest BCUT2D eigenvalue weighted by Crippen LogP contribution is 2.36. The van der Waals surface area contributed by atoms with Crippen LogP contribution in [0.4, 0.5) is 24.5 Å². The van der Waals surface area contributed by atoms with Crippen LogP contribution in [0.15, 0.2) is 76.5 Å². The number of nitrogens with zero attached hydrogens (tertiary/aromatic N) is 2. The van der Waals surface area contributed by atoms with Gasteiger partial charge in [-0.15, -0.1) is 25.6 Å². The van der Waals surface area contributed by atoms with Crippen molar-refractivity contribution in [3.63, 3.8) is 0 Å². The number of benzene rings is 2. The third-order valence-electron chi connectivity index (χ3n) is 4.86. The molecule has 2 N–H and O–H groups in total. The summed E-state index contributed by atoms with van der Waals surface area (Å²) < 4.78 is 70.9. The largest absolute Gasteiger partial charge is 0.573 e. The third kappa shape index (κ3) is 5.89. The summed E-state index contributed by atoms with van der Waals surface area (Å²) in [5, 5.41) is 6.57. The van der Waals surface area contributed by atoms with E-state index in [1.165, 1.54) is 42.9 Å². The second-order valence-corrected chi connectivity index (χ2v) is 9.95. The highest BCUT2D eigenvalue weighted by molar-refractivity contribution is 9.10. The van der Waals surface area contributed by atoms with Gasteiger partial charge in [0, 0.05) is 40.7 Å². The molecule has 4 aromatic rings. The van der Waals surface area contributed by atoms with Gasteiger partial charge in [-0.1, -0.05) is 22.0 Å². The maximum Gasteiger partial charge on any atom is 0.573 e. The average Bonchev–Trinajstić information content (AvgIpc) is 3.14. The Morgan fingerprint density at radius 2 is 1.91 bits per heavy atom. The topological polar surface area (TPSA) is 85.2 Å². The lowest BCUT2D eigenvalue weighted by Crippen LogP contribution is -2.18. The number of hydrogen-bond acceptors (Lipinski definition) is 6. The van der Waals surface area contributed by atoms with Crippen LogP contribution < -0.4 is 15.4 Å². The molecule has 4 rings (SSSR count). The zero-order valence-electron chi connectivity index (χ0n) is 18.0. The summed E-state index contributed by atoms with van der Waals surface area (Å²) in [5.74, 6) is -0.434. The number of hydrogen-bond donors (Lipinski definition) is 2. The predicted octanol–water partition coefficient (Wildman–Crippen LogP) is 5.82. The molecule has 35 heavy (non-hydrogen) atoms. The van der Waals surface area contributed by atoms with E-state index < -0.39 is 22.1 Å². The molecular weight excluding hydrogens is 573 g/mol. The number of pyridine rings is 1. The quantitative estimate of drug-likeness (QED) is 0.282. The molecule has 13 heteroatoms. The van der Waals surface area contributed by atoms with Crippen molar-refractivity contribution in [3.8, 4) is 5.75 Å². The summed E-state index contributed by atoms with van der Waals surface area (Å²) in [5.41, 5.74) is 1.53. The highest BCUT2D eigenvalue weighted by Gasteiger charge is 2.32. The fourth-order valence-electron chi connectivity index (χ4n) is 3.45. The molecule has 0 radical (unpaired) electrons. The second kappa shape index (κ2) is 10.4. The van der Waals surface area contributed by atoms with E-state index in [4.69, 9.17) is 0 Å². The normalized spacial score (nSPS) is 11.8. The molecule has 0 atom stereocenters. The van der Waals surface area contributed by atoms with Crippen molar-refractivity contribution in [2.75, 3.05) is 12.4 Å². The van der Waals surface area contributed by atoms with Crippen molar-refractivity contribution in [3.05, 3.63) is 77.2 Å². The number of aromatic nitrogens is 2. The van der Waals surface area contributed by atoms with Gasteiger partial charge in [-0.2, -0.15) is 0 Å². The zero-order chi connectivity index (χ0) is 24.5. The summed E-state index contributed by atoms with van der Waals surface area (Å²) in [4.78, 5) is 3.90. The lowest BCUT2D eigenvalue weighted by Gasteiger charge is -2.15. The van der Waals surface area contributed by atoms with E-state index in [0.717, 1.165) is 9.54 Å². The van der Waals surface area contributed by atoms with Crippen LogP contribution in [-0.4, -0.2) is 30.8 Å². The summed E-state index contributed by atoms with van der Waals surface area (Å²) in [6.45, 7) is 0.412. The molecule has 0 bridgehead atoms. The van der Waals surface area contributed by atoms with Crippen molar-refractivity contribution in [2.24, 2.45) is 0 Å². The Labute approximate surface area is 213 Å². The number of fused-ring (bicyclic) bond motifs is 1. The van der Waals surface area contributed by atoms with Gasteiger partial charge in [0.05, 0.1) is 11.2 Å². The van der Waals surface area contributed by atoms with Gasteiger partial charge in [-0.3, -0.25) is 4.98 Å². The minimum Gasteiger partial charge on any atom is -0.404 e. The minimum atomic E-state index is -4.88. The van der Waals surface area contributed by atoms with Crippen LogP contribution in [0, 0.1) is 0 Å². The Morgan fingerprint density at radius 3 is 2.57 bits per heavy atom. The summed E-state index contributed by atoms with van der Waals surface area (Å²) in [6.07, 6.45) is -0.634. The first-order valence-corrected chi connectivity index (χ1v) is 12.1. The average molecular weight is 592 g/mol. The maximum atomic E-state index is 13.3. The number of alkyl halides is 3. The molecule has 0 saturated heterocycles. The number of anilines is 2. The molecule has 0 aliphatic rings. The van der Waals surface area contributed by atoms with Gasteiger partial charge in [0.25, 0.3) is 10.0 Å². The first-order chi connectivity index (χ1) is 16.1. The van der Waals surface area contributed by atoms with E-state index in [-0.39, 0.29) is 23.0 Å². The molecule has 0 aliphatic heterocycles. The Kier molecular flexibility index (Phi) is 8.00. The highest BCUT2D eigenvalue weighted by atomic mass is 79.9. The smallest absolute Gasteiger partial charge is 0.404 e. The first kappa shape index (κ1) is 26.8. The van der Waals surface area contributed by atoms with Gasteiger partial charge in [0.1, 0.15) is 4.90 Å². The summed E-state index contributed by atoms with van der Waals surface area (Å²) in [6, 6.07) is 12.1. The molecule has 2 aromatic heterocycles. The minimum absolute atomic E-state index is 0. The van der Waals surface area contributed by atoms with Crippen LogP contribution in [0.1, 0.15) is 5.56 Å². The molecule has 0 fully saturated rings. The van der Waals surface area contributed by atoms with Gasteiger partial charge in [-0.25, -0.2) is 12.4 Å². The van der Waals surface area contributed by atoms with Crippen LogP contribution in [0.25, 0.3) is 10.9 Å². The molecule has 0 aliphatic carbocycles. The van der Waals surface area contributed by atoms with Gasteiger partial charge in [0.15, 0.2) is 5.75 Å². The van der Waals surface area contributed by atoms with Gasteiger partial charge in [0.2, 0.25) is 0 Å². The van der Waals surface area contributed by atoms with E-state index in [0.29, 0.717) is 27.6 Å². The second-order valence-electron chi connectivity index (χ2n) is 7.22. The van der Waals surface area contributed by atoms with E-state index in [1.54, 1.807) is 31.3 Å². The van der Waals surface area contributed by atoms with Gasteiger partial charge < -0.3 is 15.4 Å². The molecule has 0 unspecified atom stereocenters. The Hall–Kier alpha value is -2.80. The van der Waals surface area contributed by atoms with Crippen molar-refractivity contribution in [1.29, 1.82) is 0 Å². The van der Waals surface area contributed by atoms with Crippen LogP contribution in [0.2, 0.25) is 0 Å². The predicted molar refractivity (Wildman–Crippen MR) is 133 cm³/mol. The van der Waals surface area contributed by atoms with Gasteiger partial charge >= 0.3 is 6.36 Å². The van der Waals surface area contributed by atoms with E-state index in [1.807, 2.05) is 0 Å². The number of nitrogens with one attached hydrogen (secondary N) is 2. The van der Waals surface area contributed by atoms with E-state index in [9.17, 15) is 21.6 Å². The molecule has 0 amide bonds. The number of halogens is 5. The summed E-state index contributed by atoms with van der Waals surface area (Å²) in [7, 11) is -2.23. The Morgan fingerprint density at radius 1 is 1.14 bits per heavy atom. The number of ether oxygens (including phenoxy) is 1. The van der Waals surface area contributed by atoms with Crippen molar-refractivity contribution < 1.29 is 26.3 Å². The van der Waals surface area contributed by atoms with Crippen LogP contribution in [0.3, 0.4) is 0 Å². The molecule has 7 nitrogen and oxygen atoms in total. The third-order valence-corrected chi connectivity index (χ3v) is 7.01. The van der Waals surface area contributed by atoms with Crippen LogP contribution in [-0.2, 0) is 16.6 Å². The molecule has 186 valence electrons. The van der Waals surface area contributed by atoms with Crippen molar-refractivity contribution in [1.82, 2.24) is 14.3 Å². The lowest BCUT2D eigenvalue weighted by atomic mass is 10.1. The molecule has 2 heterocycles. The standard InChI is InChI=1S/C22H18BrF3N4O3S.ClH/c1-27-11-14-13-30(34(31,32)17-3-2-8-28-12-17)20-10-16(5-6-18(14)20)29-19-7-4-15(23)9-21(19)33-22(24,25)26;/h2-10,12-13,27,29H,11H2,1H3;1H. The molecule has 0 spiro atoms. The lowest BCUT2D eigenvalue weighted by molar-refractivity contribution is -0.274. The maximum absolute atomic E-state index is 13.3. The van der Waals surface area contributed by atoms with Crippen molar-refractivity contribution in [2.45, 2.75) is 17.8 Å². The molecular formula is C22H19BrClF3N4O3S. The first-order valence-electron chi connectivity index (χ1n) is 9.85. The summed E-state index contributed by atoms with van der Waals surface area (Å²) >= 11 is 3.14. The van der Waals surface area contributed by atoms with Crippen LogP contribution >= 0.6 is 28.3 Å². The molecule has 0 saturated carbocycles. The molecule has 2 aromatic carbocycles. The van der Waals surface area contributed by atoms with E-state index >= 15 is 0 Å². The fourth-order valence-corrected chi connectivity index (χ4v) is 5.14. The SMILES string of the molecule is CNCc1cn(S(=O)(=O)c2cccnc2)c2cc(Nc3ccc(Br)cc3OC(F)(F)F)ccc12.Cl. The zero-order valence-corrected chi connectivity index (χ0v) is 21.2. The fraction of sp³-hybridized carbons (Fsp3) is 0.136. The Bertz CT molecular complexity index is 1450. The van der Waals surface area contributed by atoms with Crippen LogP contribution in [0.5, 0.6) is 5.75 Å². The Balaban J connectivity index is 0.00000342. The number of rotatable bonds is 7. The van der Waals surface area contributed by atoms with Gasteiger partial charge in [-0.05, 0) is 55.1 Å². The monoisotopic (exact) mass is 590 g/mol.